The van der Waals surface area contributed by atoms with Crippen molar-refractivity contribution in [3.05, 3.63) is 65.2 Å². The van der Waals surface area contributed by atoms with Crippen LogP contribution in [-0.2, 0) is 26.1 Å². The van der Waals surface area contributed by atoms with E-state index in [2.05, 4.69) is 10.0 Å². The number of carbonyl (C=O) groups is 2. The number of amides is 1. The van der Waals surface area contributed by atoms with Gasteiger partial charge in [0.25, 0.3) is 5.91 Å². The summed E-state index contributed by atoms with van der Waals surface area (Å²) in [5.74, 6) is -1.09. The molecule has 0 spiro atoms. The molecule has 1 saturated carbocycles. The van der Waals surface area contributed by atoms with Gasteiger partial charge in [-0.25, -0.2) is 17.9 Å². The second-order valence-corrected chi connectivity index (χ2v) is 8.47. The first-order chi connectivity index (χ1) is 13.3. The van der Waals surface area contributed by atoms with Crippen LogP contribution in [0.1, 0.15) is 34.3 Å². The van der Waals surface area contributed by atoms with Crippen molar-refractivity contribution in [1.29, 1.82) is 0 Å². The van der Waals surface area contributed by atoms with E-state index < -0.39 is 22.6 Å². The fraction of sp³-hybridized carbons (Fsp3) is 0.300. The highest BCUT2D eigenvalue weighted by atomic mass is 32.2. The first-order valence-corrected chi connectivity index (χ1v) is 10.4. The lowest BCUT2D eigenvalue weighted by atomic mass is 10.1. The summed E-state index contributed by atoms with van der Waals surface area (Å²) < 4.78 is 32.7. The number of benzene rings is 2. The summed E-state index contributed by atoms with van der Waals surface area (Å²) in [6.07, 6.45) is 1.88. The van der Waals surface area contributed by atoms with E-state index >= 15 is 0 Å². The number of aryl methyl sites for hydroxylation is 1. The molecule has 7 nitrogen and oxygen atoms in total. The molecule has 1 fully saturated rings. The molecule has 2 aromatic rings. The molecule has 1 aliphatic carbocycles. The van der Waals surface area contributed by atoms with Crippen LogP contribution in [0, 0.1) is 6.92 Å². The average molecular weight is 402 g/mol. The van der Waals surface area contributed by atoms with Gasteiger partial charge >= 0.3 is 5.97 Å². The smallest absolute Gasteiger partial charge is 0.338 e. The van der Waals surface area contributed by atoms with E-state index in [4.69, 9.17) is 4.74 Å². The van der Waals surface area contributed by atoms with Crippen molar-refractivity contribution in [3.8, 4) is 0 Å². The van der Waals surface area contributed by atoms with Crippen molar-refractivity contribution in [3.63, 3.8) is 0 Å². The topological polar surface area (TPSA) is 102 Å². The summed E-state index contributed by atoms with van der Waals surface area (Å²) in [5.41, 5.74) is 1.50. The molecule has 148 valence electrons. The molecule has 0 bridgehead atoms. The van der Waals surface area contributed by atoms with Crippen molar-refractivity contribution in [1.82, 2.24) is 10.0 Å². The summed E-state index contributed by atoms with van der Waals surface area (Å²) >= 11 is 0. The summed E-state index contributed by atoms with van der Waals surface area (Å²) in [4.78, 5) is 23.9. The van der Waals surface area contributed by atoms with E-state index in [0.29, 0.717) is 5.56 Å². The zero-order valence-electron chi connectivity index (χ0n) is 15.5. The molecule has 1 amide bonds. The third-order valence-corrected chi connectivity index (χ3v) is 5.72. The van der Waals surface area contributed by atoms with Crippen LogP contribution >= 0.6 is 0 Å². The van der Waals surface area contributed by atoms with Crippen LogP contribution in [0.5, 0.6) is 0 Å². The van der Waals surface area contributed by atoms with Crippen molar-refractivity contribution in [2.24, 2.45) is 0 Å². The Morgan fingerprint density at radius 2 is 1.82 bits per heavy atom. The van der Waals surface area contributed by atoms with E-state index in [1.807, 2.05) is 30.3 Å². The predicted molar refractivity (Wildman–Crippen MR) is 103 cm³/mol. The van der Waals surface area contributed by atoms with Crippen LogP contribution in [0.3, 0.4) is 0 Å². The van der Waals surface area contributed by atoms with Crippen molar-refractivity contribution >= 4 is 21.9 Å². The molecule has 0 atom stereocenters. The van der Waals surface area contributed by atoms with Gasteiger partial charge in [-0.3, -0.25) is 4.79 Å². The van der Waals surface area contributed by atoms with Gasteiger partial charge in [0.15, 0.2) is 6.61 Å². The molecule has 3 rings (SSSR count). The fourth-order valence-corrected chi connectivity index (χ4v) is 3.60. The number of rotatable bonds is 8. The van der Waals surface area contributed by atoms with Crippen LogP contribution in [0.2, 0.25) is 0 Å². The van der Waals surface area contributed by atoms with Gasteiger partial charge in [-0.05, 0) is 43.0 Å². The third-order valence-electron chi connectivity index (χ3n) is 4.33. The standard InChI is InChI=1S/C20H22N2O5S/c1-14-7-10-17(28(25,26)21-12-15-5-3-2-4-6-15)11-18(14)20(24)27-13-19(23)22-16-8-9-16/h2-7,10-11,16,21H,8-9,12-13H2,1H3,(H,22,23). The molecule has 0 saturated heterocycles. The summed E-state index contributed by atoms with van der Waals surface area (Å²) in [6.45, 7) is 1.42. The number of hydrogen-bond acceptors (Lipinski definition) is 5. The molecular formula is C20H22N2O5S. The average Bonchev–Trinajstić information content (AvgIpc) is 3.49. The van der Waals surface area contributed by atoms with Gasteiger partial charge in [-0.15, -0.1) is 0 Å². The molecule has 28 heavy (non-hydrogen) atoms. The Balaban J connectivity index is 1.67. The molecule has 2 N–H and O–H groups in total. The zero-order chi connectivity index (χ0) is 20.1. The minimum absolute atomic E-state index is 0.0385. The number of carbonyl (C=O) groups excluding carboxylic acids is 2. The first kappa shape index (κ1) is 20.0. The zero-order valence-corrected chi connectivity index (χ0v) is 16.3. The van der Waals surface area contributed by atoms with Crippen LogP contribution in [-0.4, -0.2) is 32.9 Å². The highest BCUT2D eigenvalue weighted by Gasteiger charge is 2.24. The molecule has 8 heteroatoms. The minimum atomic E-state index is -3.81. The Labute approximate surface area is 164 Å². The van der Waals surface area contributed by atoms with Gasteiger partial charge in [0.1, 0.15) is 0 Å². The molecule has 0 radical (unpaired) electrons. The maximum absolute atomic E-state index is 12.6. The number of ether oxygens (including phenoxy) is 1. The highest BCUT2D eigenvalue weighted by Crippen LogP contribution is 2.19. The van der Waals surface area contributed by atoms with Gasteiger partial charge in [0, 0.05) is 12.6 Å². The van der Waals surface area contributed by atoms with Crippen molar-refractivity contribution in [2.45, 2.75) is 37.2 Å². The van der Waals surface area contributed by atoms with E-state index in [9.17, 15) is 18.0 Å². The Bertz CT molecular complexity index is 969. The normalized spacial score (nSPS) is 13.8. The highest BCUT2D eigenvalue weighted by molar-refractivity contribution is 7.89. The lowest BCUT2D eigenvalue weighted by Crippen LogP contribution is -2.30. The van der Waals surface area contributed by atoms with Crippen molar-refractivity contribution in [2.75, 3.05) is 6.61 Å². The van der Waals surface area contributed by atoms with Gasteiger partial charge in [0.05, 0.1) is 10.5 Å². The fourth-order valence-electron chi connectivity index (χ4n) is 2.55. The summed E-state index contributed by atoms with van der Waals surface area (Å²) in [6, 6.07) is 13.5. The largest absolute Gasteiger partial charge is 0.452 e. The number of sulfonamides is 1. The van der Waals surface area contributed by atoms with Crippen LogP contribution in [0.4, 0.5) is 0 Å². The SMILES string of the molecule is Cc1ccc(S(=O)(=O)NCc2ccccc2)cc1C(=O)OCC(=O)NC1CC1. The van der Waals surface area contributed by atoms with E-state index in [-0.39, 0.29) is 29.0 Å². The van der Waals surface area contributed by atoms with Gasteiger partial charge in [-0.1, -0.05) is 36.4 Å². The van der Waals surface area contributed by atoms with E-state index in [1.54, 1.807) is 6.92 Å². The Hall–Kier alpha value is -2.71. The maximum atomic E-state index is 12.6. The molecule has 0 heterocycles. The minimum Gasteiger partial charge on any atom is -0.452 e. The van der Waals surface area contributed by atoms with Gasteiger partial charge < -0.3 is 10.1 Å². The van der Waals surface area contributed by atoms with Crippen LogP contribution in [0.25, 0.3) is 0 Å². The molecule has 0 aliphatic heterocycles. The molecule has 0 aromatic heterocycles. The molecule has 1 aliphatic rings. The summed E-state index contributed by atoms with van der Waals surface area (Å²) in [7, 11) is -3.81. The number of nitrogens with one attached hydrogen (secondary N) is 2. The van der Waals surface area contributed by atoms with Gasteiger partial charge in [0.2, 0.25) is 10.0 Å². The van der Waals surface area contributed by atoms with E-state index in [1.165, 1.54) is 18.2 Å². The van der Waals surface area contributed by atoms with Crippen LogP contribution < -0.4 is 10.0 Å². The summed E-state index contributed by atoms with van der Waals surface area (Å²) in [5, 5.41) is 2.72. The van der Waals surface area contributed by atoms with Crippen molar-refractivity contribution < 1.29 is 22.7 Å². The van der Waals surface area contributed by atoms with Crippen LogP contribution in [0.15, 0.2) is 53.4 Å². The quantitative estimate of drug-likeness (QED) is 0.657. The maximum Gasteiger partial charge on any atom is 0.338 e. The molecule has 0 unspecified atom stereocenters. The Kier molecular flexibility index (Phi) is 6.11. The predicted octanol–water partition coefficient (Wildman–Crippen LogP) is 1.91. The second kappa shape index (κ2) is 8.53. The van der Waals surface area contributed by atoms with E-state index in [0.717, 1.165) is 18.4 Å². The lowest BCUT2D eigenvalue weighted by Gasteiger charge is -2.11. The lowest BCUT2D eigenvalue weighted by molar-refractivity contribution is -0.124. The second-order valence-electron chi connectivity index (χ2n) is 6.70. The molecule has 2 aromatic carbocycles. The monoisotopic (exact) mass is 402 g/mol. The Morgan fingerprint density at radius 3 is 2.50 bits per heavy atom. The molecular weight excluding hydrogens is 380 g/mol. The number of hydrogen-bond donors (Lipinski definition) is 2. The third kappa shape index (κ3) is 5.40. The van der Waals surface area contributed by atoms with Gasteiger partial charge in [-0.2, -0.15) is 0 Å². The Morgan fingerprint density at radius 1 is 1.11 bits per heavy atom. The number of esters is 1. The first-order valence-electron chi connectivity index (χ1n) is 8.96.